The number of halogens is 1. The minimum atomic E-state index is 0.409. The van der Waals surface area contributed by atoms with Gasteiger partial charge in [0.05, 0.1) is 16.8 Å². The van der Waals surface area contributed by atoms with Gasteiger partial charge in [0.2, 0.25) is 0 Å². The molecule has 0 radical (unpaired) electrons. The molecule has 6 heteroatoms. The number of benzene rings is 1. The summed E-state index contributed by atoms with van der Waals surface area (Å²) < 4.78 is 3.29. The predicted octanol–water partition coefficient (Wildman–Crippen LogP) is 2.53. The number of rotatable bonds is 2. The Kier molecular flexibility index (Phi) is 2.64. The fraction of sp³-hybridized carbons (Fsp3) is 0.154. The standard InChI is InChI=1S/C13H11ClN4O/c1-8-10(7-19)13(17(2)15-8)18-11-6-4-3-5-9(11)12(14)16-18/h3-7H,1-2H3. The fourth-order valence-corrected chi connectivity index (χ4v) is 2.48. The first kappa shape index (κ1) is 11.9. The van der Waals surface area contributed by atoms with Gasteiger partial charge in [-0.1, -0.05) is 23.7 Å². The van der Waals surface area contributed by atoms with Crippen molar-refractivity contribution in [3.8, 4) is 5.82 Å². The van der Waals surface area contributed by atoms with Gasteiger partial charge < -0.3 is 0 Å². The third-order valence-corrected chi connectivity index (χ3v) is 3.38. The highest BCUT2D eigenvalue weighted by Crippen LogP contribution is 2.26. The van der Waals surface area contributed by atoms with Crippen LogP contribution >= 0.6 is 11.6 Å². The van der Waals surface area contributed by atoms with Crippen molar-refractivity contribution in [3.63, 3.8) is 0 Å². The molecular formula is C13H11ClN4O. The van der Waals surface area contributed by atoms with Crippen LogP contribution in [-0.2, 0) is 7.05 Å². The molecule has 0 saturated carbocycles. The average Bonchev–Trinajstić information content (AvgIpc) is 2.87. The summed E-state index contributed by atoms with van der Waals surface area (Å²) in [7, 11) is 1.78. The quantitative estimate of drug-likeness (QED) is 0.675. The van der Waals surface area contributed by atoms with Crippen LogP contribution in [0.4, 0.5) is 0 Å². The molecule has 0 atom stereocenters. The second-order valence-electron chi connectivity index (χ2n) is 4.28. The topological polar surface area (TPSA) is 52.7 Å². The van der Waals surface area contributed by atoms with Gasteiger partial charge in [0.15, 0.2) is 17.3 Å². The molecule has 0 saturated heterocycles. The minimum Gasteiger partial charge on any atom is -0.298 e. The van der Waals surface area contributed by atoms with E-state index in [-0.39, 0.29) is 0 Å². The van der Waals surface area contributed by atoms with Crippen LogP contribution < -0.4 is 0 Å². The molecule has 0 aliphatic carbocycles. The molecule has 0 amide bonds. The number of carbonyl (C=O) groups excluding carboxylic acids is 1. The molecule has 3 rings (SSSR count). The van der Waals surface area contributed by atoms with Crippen LogP contribution in [0.2, 0.25) is 5.15 Å². The molecule has 0 unspecified atom stereocenters. The highest BCUT2D eigenvalue weighted by molar-refractivity contribution is 6.34. The number of hydrogen-bond donors (Lipinski definition) is 0. The first-order valence-corrected chi connectivity index (χ1v) is 6.13. The fourth-order valence-electron chi connectivity index (χ4n) is 2.24. The van der Waals surface area contributed by atoms with Crippen LogP contribution in [0.15, 0.2) is 24.3 Å². The number of aryl methyl sites for hydroxylation is 2. The molecule has 0 aliphatic rings. The van der Waals surface area contributed by atoms with E-state index in [2.05, 4.69) is 10.2 Å². The zero-order chi connectivity index (χ0) is 13.6. The van der Waals surface area contributed by atoms with Gasteiger partial charge in [-0.25, -0.2) is 4.68 Å². The van der Waals surface area contributed by atoms with Gasteiger partial charge in [0.1, 0.15) is 0 Å². The van der Waals surface area contributed by atoms with E-state index in [0.717, 1.165) is 17.2 Å². The smallest absolute Gasteiger partial charge is 0.163 e. The number of fused-ring (bicyclic) bond motifs is 1. The van der Waals surface area contributed by atoms with E-state index in [1.54, 1.807) is 23.3 Å². The summed E-state index contributed by atoms with van der Waals surface area (Å²) in [5, 5.41) is 9.82. The van der Waals surface area contributed by atoms with Crippen molar-refractivity contribution in [2.24, 2.45) is 7.05 Å². The third-order valence-electron chi connectivity index (χ3n) is 3.10. The summed E-state index contributed by atoms with van der Waals surface area (Å²) in [6.07, 6.45) is 0.794. The molecule has 1 aromatic carbocycles. The lowest BCUT2D eigenvalue weighted by atomic mass is 10.2. The highest BCUT2D eigenvalue weighted by Gasteiger charge is 2.18. The summed E-state index contributed by atoms with van der Waals surface area (Å²) >= 11 is 6.13. The molecule has 0 fully saturated rings. The second-order valence-corrected chi connectivity index (χ2v) is 4.64. The minimum absolute atomic E-state index is 0.409. The lowest BCUT2D eigenvalue weighted by molar-refractivity contribution is 0.112. The molecule has 5 nitrogen and oxygen atoms in total. The zero-order valence-electron chi connectivity index (χ0n) is 10.5. The van der Waals surface area contributed by atoms with E-state index in [1.807, 2.05) is 24.3 Å². The Labute approximate surface area is 114 Å². The molecular weight excluding hydrogens is 264 g/mol. The van der Waals surface area contributed by atoms with E-state index < -0.39 is 0 Å². The van der Waals surface area contributed by atoms with E-state index in [1.165, 1.54) is 0 Å². The Balaban J connectivity index is 2.40. The number of hydrogen-bond acceptors (Lipinski definition) is 3. The Bertz CT molecular complexity index is 787. The summed E-state index contributed by atoms with van der Waals surface area (Å²) in [6.45, 7) is 1.79. The van der Waals surface area contributed by atoms with Crippen LogP contribution in [0.3, 0.4) is 0 Å². The monoisotopic (exact) mass is 274 g/mol. The first-order chi connectivity index (χ1) is 9.13. The van der Waals surface area contributed by atoms with Crippen LogP contribution in [0.25, 0.3) is 16.7 Å². The molecule has 0 bridgehead atoms. The highest BCUT2D eigenvalue weighted by atomic mass is 35.5. The van der Waals surface area contributed by atoms with Crippen molar-refractivity contribution >= 4 is 28.8 Å². The molecule has 0 N–H and O–H groups in total. The lowest BCUT2D eigenvalue weighted by Gasteiger charge is -2.04. The van der Waals surface area contributed by atoms with Gasteiger partial charge in [-0.15, -0.1) is 0 Å². The average molecular weight is 275 g/mol. The summed E-state index contributed by atoms with van der Waals surface area (Å²) in [5.74, 6) is 0.621. The molecule has 19 heavy (non-hydrogen) atoms. The van der Waals surface area contributed by atoms with Crippen molar-refractivity contribution in [1.82, 2.24) is 19.6 Å². The molecule has 0 spiro atoms. The van der Waals surface area contributed by atoms with Crippen molar-refractivity contribution in [2.45, 2.75) is 6.92 Å². The lowest BCUT2D eigenvalue weighted by Crippen LogP contribution is -2.06. The predicted molar refractivity (Wildman–Crippen MR) is 73.0 cm³/mol. The van der Waals surface area contributed by atoms with E-state index >= 15 is 0 Å². The Morgan fingerprint density at radius 2 is 2.00 bits per heavy atom. The van der Waals surface area contributed by atoms with Gasteiger partial charge in [-0.05, 0) is 19.1 Å². The molecule has 2 aromatic heterocycles. The van der Waals surface area contributed by atoms with Gasteiger partial charge in [0.25, 0.3) is 0 Å². The van der Waals surface area contributed by atoms with Crippen molar-refractivity contribution in [3.05, 3.63) is 40.7 Å². The number of nitrogens with zero attached hydrogens (tertiary/aromatic N) is 4. The number of aldehydes is 1. The van der Waals surface area contributed by atoms with Gasteiger partial charge in [-0.3, -0.25) is 9.48 Å². The Morgan fingerprint density at radius 1 is 1.26 bits per heavy atom. The normalized spacial score (nSPS) is 11.1. The third kappa shape index (κ3) is 1.66. The van der Waals surface area contributed by atoms with Crippen molar-refractivity contribution < 1.29 is 4.79 Å². The molecule has 2 heterocycles. The Hall–Kier alpha value is -2.14. The maximum absolute atomic E-state index is 11.3. The summed E-state index contributed by atoms with van der Waals surface area (Å²) in [6, 6.07) is 7.60. The SMILES string of the molecule is Cc1nn(C)c(-n2nc(Cl)c3ccccc32)c1C=O. The van der Waals surface area contributed by atoms with E-state index in [0.29, 0.717) is 22.2 Å². The van der Waals surface area contributed by atoms with Crippen molar-refractivity contribution in [1.29, 1.82) is 0 Å². The number of carbonyl (C=O) groups is 1. The van der Waals surface area contributed by atoms with Crippen LogP contribution in [0.5, 0.6) is 0 Å². The number of aromatic nitrogens is 4. The molecule has 3 aromatic rings. The van der Waals surface area contributed by atoms with Gasteiger partial charge in [0, 0.05) is 12.4 Å². The van der Waals surface area contributed by atoms with Gasteiger partial charge in [-0.2, -0.15) is 10.2 Å². The van der Waals surface area contributed by atoms with Crippen LogP contribution in [0, 0.1) is 6.92 Å². The van der Waals surface area contributed by atoms with Crippen LogP contribution in [-0.4, -0.2) is 25.8 Å². The molecule has 0 aliphatic heterocycles. The summed E-state index contributed by atoms with van der Waals surface area (Å²) in [5.41, 5.74) is 2.04. The van der Waals surface area contributed by atoms with E-state index in [9.17, 15) is 4.79 Å². The van der Waals surface area contributed by atoms with Crippen LogP contribution in [0.1, 0.15) is 16.1 Å². The van der Waals surface area contributed by atoms with Crippen molar-refractivity contribution in [2.75, 3.05) is 0 Å². The largest absolute Gasteiger partial charge is 0.298 e. The first-order valence-electron chi connectivity index (χ1n) is 5.76. The molecule has 96 valence electrons. The maximum Gasteiger partial charge on any atom is 0.163 e. The zero-order valence-corrected chi connectivity index (χ0v) is 11.2. The van der Waals surface area contributed by atoms with Gasteiger partial charge >= 0.3 is 0 Å². The van der Waals surface area contributed by atoms with E-state index in [4.69, 9.17) is 11.6 Å². The maximum atomic E-state index is 11.3. The second kappa shape index (κ2) is 4.20. The number of para-hydroxylation sites is 1. The summed E-state index contributed by atoms with van der Waals surface area (Å²) in [4.78, 5) is 11.3. The Morgan fingerprint density at radius 3 is 2.74 bits per heavy atom.